The highest BCUT2D eigenvalue weighted by Crippen LogP contribution is 2.30. The maximum atomic E-state index is 8.87. The van der Waals surface area contributed by atoms with Gasteiger partial charge in [0.05, 0.1) is 10.6 Å². The number of nitrogens with zero attached hydrogens (tertiary/aromatic N) is 2. The summed E-state index contributed by atoms with van der Waals surface area (Å²) in [5, 5.41) is 9.43. The van der Waals surface area contributed by atoms with Gasteiger partial charge in [-0.05, 0) is 38.0 Å². The molecule has 17 heavy (non-hydrogen) atoms. The van der Waals surface area contributed by atoms with E-state index in [4.69, 9.17) is 16.9 Å². The summed E-state index contributed by atoms with van der Waals surface area (Å²) >= 11 is 6.09. The van der Waals surface area contributed by atoms with Crippen molar-refractivity contribution in [3.63, 3.8) is 0 Å². The second kappa shape index (κ2) is 5.42. The highest BCUT2D eigenvalue weighted by molar-refractivity contribution is 6.32. The van der Waals surface area contributed by atoms with Gasteiger partial charge in [-0.2, -0.15) is 5.26 Å². The SMILES string of the molecule is CCN(c1ccc(C#N)c(Cl)c1)C1CCCC1. The molecule has 90 valence electrons. The molecule has 1 aromatic carbocycles. The van der Waals surface area contributed by atoms with Gasteiger partial charge in [-0.3, -0.25) is 0 Å². The lowest BCUT2D eigenvalue weighted by atomic mass is 10.1. The predicted molar refractivity (Wildman–Crippen MR) is 71.4 cm³/mol. The largest absolute Gasteiger partial charge is 0.369 e. The van der Waals surface area contributed by atoms with Gasteiger partial charge in [0, 0.05) is 18.3 Å². The topological polar surface area (TPSA) is 27.0 Å². The molecule has 1 aromatic rings. The normalized spacial score (nSPS) is 15.8. The van der Waals surface area contributed by atoms with E-state index in [1.54, 1.807) is 0 Å². The molecule has 0 saturated heterocycles. The Labute approximate surface area is 108 Å². The molecule has 0 aliphatic heterocycles. The van der Waals surface area contributed by atoms with Crippen LogP contribution >= 0.6 is 11.6 Å². The lowest BCUT2D eigenvalue weighted by Gasteiger charge is -2.30. The van der Waals surface area contributed by atoms with Crippen LogP contribution in [-0.4, -0.2) is 12.6 Å². The number of halogens is 1. The van der Waals surface area contributed by atoms with Gasteiger partial charge in [0.25, 0.3) is 0 Å². The van der Waals surface area contributed by atoms with Crippen LogP contribution in [0.5, 0.6) is 0 Å². The summed E-state index contributed by atoms with van der Waals surface area (Å²) < 4.78 is 0. The van der Waals surface area contributed by atoms with E-state index in [2.05, 4.69) is 17.9 Å². The molecule has 0 unspecified atom stereocenters. The van der Waals surface area contributed by atoms with Crippen LogP contribution in [0, 0.1) is 11.3 Å². The van der Waals surface area contributed by atoms with Crippen LogP contribution in [0.1, 0.15) is 38.2 Å². The van der Waals surface area contributed by atoms with Gasteiger partial charge in [-0.15, -0.1) is 0 Å². The maximum Gasteiger partial charge on any atom is 0.101 e. The Bertz CT molecular complexity index is 430. The Morgan fingerprint density at radius 3 is 2.65 bits per heavy atom. The number of rotatable bonds is 3. The first-order valence-corrected chi connectivity index (χ1v) is 6.60. The molecule has 0 atom stereocenters. The van der Waals surface area contributed by atoms with Crippen molar-refractivity contribution in [3.8, 4) is 6.07 Å². The van der Waals surface area contributed by atoms with Crippen LogP contribution in [0.25, 0.3) is 0 Å². The molecule has 2 nitrogen and oxygen atoms in total. The lowest BCUT2D eigenvalue weighted by Crippen LogP contribution is -2.32. The van der Waals surface area contributed by atoms with Crippen LogP contribution in [0.15, 0.2) is 18.2 Å². The van der Waals surface area contributed by atoms with E-state index in [1.807, 2.05) is 18.2 Å². The minimum atomic E-state index is 0.554. The number of hydrogen-bond donors (Lipinski definition) is 0. The third kappa shape index (κ3) is 2.56. The van der Waals surface area contributed by atoms with E-state index in [0.29, 0.717) is 16.6 Å². The van der Waals surface area contributed by atoms with Crippen LogP contribution in [0.4, 0.5) is 5.69 Å². The van der Waals surface area contributed by atoms with Crippen molar-refractivity contribution in [1.82, 2.24) is 0 Å². The molecular weight excluding hydrogens is 232 g/mol. The Hall–Kier alpha value is -1.20. The summed E-state index contributed by atoms with van der Waals surface area (Å²) in [5.41, 5.74) is 1.70. The standard InChI is InChI=1S/C14H17ClN2/c1-2-17(12-5-3-4-6-12)13-8-7-11(10-16)14(15)9-13/h7-9,12H,2-6H2,1H3. The molecule has 0 radical (unpaired) electrons. The molecular formula is C14H17ClN2. The number of benzene rings is 1. The van der Waals surface area contributed by atoms with Crippen molar-refractivity contribution in [3.05, 3.63) is 28.8 Å². The average Bonchev–Trinajstić information content (AvgIpc) is 2.84. The molecule has 0 bridgehead atoms. The van der Waals surface area contributed by atoms with Crippen molar-refractivity contribution in [2.75, 3.05) is 11.4 Å². The summed E-state index contributed by atoms with van der Waals surface area (Å²) in [5.74, 6) is 0. The van der Waals surface area contributed by atoms with Gasteiger partial charge in [-0.25, -0.2) is 0 Å². The highest BCUT2D eigenvalue weighted by Gasteiger charge is 2.21. The smallest absolute Gasteiger partial charge is 0.101 e. The molecule has 0 heterocycles. The zero-order chi connectivity index (χ0) is 12.3. The maximum absolute atomic E-state index is 8.87. The van der Waals surface area contributed by atoms with Crippen molar-refractivity contribution >= 4 is 17.3 Å². The van der Waals surface area contributed by atoms with E-state index in [-0.39, 0.29) is 0 Å². The van der Waals surface area contributed by atoms with Gasteiger partial charge < -0.3 is 4.90 Å². The predicted octanol–water partition coefficient (Wildman–Crippen LogP) is 3.98. The van der Waals surface area contributed by atoms with Gasteiger partial charge in [0.1, 0.15) is 6.07 Å². The summed E-state index contributed by atoms with van der Waals surface area (Å²) in [6.45, 7) is 3.16. The number of nitriles is 1. The van der Waals surface area contributed by atoms with Crippen LogP contribution in [-0.2, 0) is 0 Å². The molecule has 1 aliphatic carbocycles. The van der Waals surface area contributed by atoms with Gasteiger partial charge in [-0.1, -0.05) is 24.4 Å². The molecule has 1 aliphatic rings. The first-order chi connectivity index (χ1) is 8.26. The molecule has 0 aromatic heterocycles. The summed E-state index contributed by atoms with van der Waals surface area (Å²) in [6.07, 6.45) is 5.19. The molecule has 1 fully saturated rings. The van der Waals surface area contributed by atoms with Crippen molar-refractivity contribution < 1.29 is 0 Å². The van der Waals surface area contributed by atoms with Gasteiger partial charge >= 0.3 is 0 Å². The quantitative estimate of drug-likeness (QED) is 0.809. The summed E-state index contributed by atoms with van der Waals surface area (Å²) in [4.78, 5) is 2.40. The second-order valence-corrected chi connectivity index (χ2v) is 4.91. The van der Waals surface area contributed by atoms with Crippen LogP contribution in [0.2, 0.25) is 5.02 Å². The molecule has 2 rings (SSSR count). The first-order valence-electron chi connectivity index (χ1n) is 6.22. The zero-order valence-electron chi connectivity index (χ0n) is 10.1. The molecule has 1 saturated carbocycles. The first kappa shape index (κ1) is 12.3. The minimum absolute atomic E-state index is 0.554. The summed E-state index contributed by atoms with van der Waals surface area (Å²) in [7, 11) is 0. The Balaban J connectivity index is 2.25. The zero-order valence-corrected chi connectivity index (χ0v) is 10.9. The van der Waals surface area contributed by atoms with Crippen LogP contribution in [0.3, 0.4) is 0 Å². The number of hydrogen-bond acceptors (Lipinski definition) is 2. The van der Waals surface area contributed by atoms with E-state index >= 15 is 0 Å². The van der Waals surface area contributed by atoms with E-state index in [0.717, 1.165) is 12.2 Å². The van der Waals surface area contributed by atoms with Crippen molar-refractivity contribution in [1.29, 1.82) is 5.26 Å². The van der Waals surface area contributed by atoms with Crippen molar-refractivity contribution in [2.45, 2.75) is 38.6 Å². The third-order valence-electron chi connectivity index (χ3n) is 3.51. The highest BCUT2D eigenvalue weighted by atomic mass is 35.5. The number of anilines is 1. The van der Waals surface area contributed by atoms with Crippen molar-refractivity contribution in [2.24, 2.45) is 0 Å². The van der Waals surface area contributed by atoms with Crippen LogP contribution < -0.4 is 4.90 Å². The minimum Gasteiger partial charge on any atom is -0.369 e. The Kier molecular flexibility index (Phi) is 3.91. The van der Waals surface area contributed by atoms with Gasteiger partial charge in [0.2, 0.25) is 0 Å². The fourth-order valence-electron chi connectivity index (χ4n) is 2.64. The van der Waals surface area contributed by atoms with E-state index < -0.39 is 0 Å². The molecule has 3 heteroatoms. The lowest BCUT2D eigenvalue weighted by molar-refractivity contribution is 0.620. The summed E-state index contributed by atoms with van der Waals surface area (Å²) in [6, 6.07) is 8.48. The second-order valence-electron chi connectivity index (χ2n) is 4.50. The van der Waals surface area contributed by atoms with Gasteiger partial charge in [0.15, 0.2) is 0 Å². The molecule has 0 spiro atoms. The molecule has 0 N–H and O–H groups in total. The Morgan fingerprint density at radius 2 is 2.12 bits per heavy atom. The third-order valence-corrected chi connectivity index (χ3v) is 3.82. The average molecular weight is 249 g/mol. The van der Waals surface area contributed by atoms with E-state index in [9.17, 15) is 0 Å². The molecule has 0 amide bonds. The fourth-order valence-corrected chi connectivity index (χ4v) is 2.86. The van der Waals surface area contributed by atoms with E-state index in [1.165, 1.54) is 25.7 Å². The monoisotopic (exact) mass is 248 g/mol. The fraction of sp³-hybridized carbons (Fsp3) is 0.500. The Morgan fingerprint density at radius 1 is 1.41 bits per heavy atom.